The van der Waals surface area contributed by atoms with Gasteiger partial charge in [-0.05, 0) is 73.2 Å². The second-order valence-corrected chi connectivity index (χ2v) is 10.8. The standard InChI is InChI=1S/C29H28ClF3N2OS.C2H6/c1-4-37-24-11-9-21(26(30)16-24)17-34-28(36)20-10-12-27-22(13-20)15-23(35(27)18(2)3)14-19-7-5-6-8-25(19)29(31,32)33;1-2/h5-13,15-16,18H,4,14,17H2,1-3H3,(H,34,36);1-2H3. The van der Waals surface area contributed by atoms with Gasteiger partial charge in [0.1, 0.15) is 0 Å². The average molecular weight is 575 g/mol. The van der Waals surface area contributed by atoms with Gasteiger partial charge in [-0.15, -0.1) is 11.8 Å². The molecule has 4 aromatic rings. The molecule has 208 valence electrons. The van der Waals surface area contributed by atoms with E-state index in [0.29, 0.717) is 17.1 Å². The van der Waals surface area contributed by atoms with E-state index in [1.165, 1.54) is 12.1 Å². The molecule has 0 unspecified atom stereocenters. The first-order valence-electron chi connectivity index (χ1n) is 13.1. The molecule has 0 bridgehead atoms. The molecule has 3 aromatic carbocycles. The van der Waals surface area contributed by atoms with Crippen LogP contribution in [0.15, 0.2) is 71.6 Å². The van der Waals surface area contributed by atoms with Gasteiger partial charge >= 0.3 is 6.18 Å². The lowest BCUT2D eigenvalue weighted by Crippen LogP contribution is -2.22. The second kappa shape index (κ2) is 13.4. The Hall–Kier alpha value is -2.90. The van der Waals surface area contributed by atoms with Crippen LogP contribution >= 0.6 is 23.4 Å². The van der Waals surface area contributed by atoms with Crippen molar-refractivity contribution in [1.82, 2.24) is 9.88 Å². The molecule has 8 heteroatoms. The Balaban J connectivity index is 0.00000205. The van der Waals surface area contributed by atoms with Crippen LogP contribution in [0.1, 0.15) is 73.4 Å². The van der Waals surface area contributed by atoms with Crippen LogP contribution in [-0.4, -0.2) is 16.2 Å². The summed E-state index contributed by atoms with van der Waals surface area (Å²) in [4.78, 5) is 14.0. The number of fused-ring (bicyclic) bond motifs is 1. The largest absolute Gasteiger partial charge is 0.416 e. The molecule has 3 nitrogen and oxygen atoms in total. The van der Waals surface area contributed by atoms with Crippen LogP contribution in [0.4, 0.5) is 13.2 Å². The van der Waals surface area contributed by atoms with E-state index in [9.17, 15) is 18.0 Å². The number of hydrogen-bond acceptors (Lipinski definition) is 2. The van der Waals surface area contributed by atoms with Gasteiger partial charge in [-0.25, -0.2) is 0 Å². The summed E-state index contributed by atoms with van der Waals surface area (Å²) < 4.78 is 42.7. The van der Waals surface area contributed by atoms with Crippen LogP contribution in [0.5, 0.6) is 0 Å². The molecule has 0 fully saturated rings. The van der Waals surface area contributed by atoms with Crippen LogP contribution in [-0.2, 0) is 19.1 Å². The summed E-state index contributed by atoms with van der Waals surface area (Å²) in [5.41, 5.74) is 2.53. The first kappa shape index (κ1) is 30.6. The number of halogens is 4. The molecular formula is C31H34ClF3N2OS. The first-order chi connectivity index (χ1) is 18.6. The Morgan fingerprint density at radius 1 is 1.00 bits per heavy atom. The summed E-state index contributed by atoms with van der Waals surface area (Å²) >= 11 is 8.09. The molecule has 1 N–H and O–H groups in total. The zero-order valence-electron chi connectivity index (χ0n) is 22.8. The Morgan fingerprint density at radius 2 is 1.72 bits per heavy atom. The van der Waals surface area contributed by atoms with Crippen molar-refractivity contribution in [2.24, 2.45) is 0 Å². The van der Waals surface area contributed by atoms with Crippen molar-refractivity contribution in [1.29, 1.82) is 0 Å². The van der Waals surface area contributed by atoms with Crippen LogP contribution in [0.25, 0.3) is 10.9 Å². The average Bonchev–Trinajstić information content (AvgIpc) is 3.26. The number of hydrogen-bond donors (Lipinski definition) is 1. The predicted molar refractivity (Wildman–Crippen MR) is 157 cm³/mol. The lowest BCUT2D eigenvalue weighted by atomic mass is 10.0. The van der Waals surface area contributed by atoms with Crippen molar-refractivity contribution in [2.75, 3.05) is 5.75 Å². The highest BCUT2D eigenvalue weighted by Crippen LogP contribution is 2.34. The maximum absolute atomic E-state index is 13.6. The molecule has 1 aromatic heterocycles. The number of benzene rings is 3. The van der Waals surface area contributed by atoms with Gasteiger partial charge in [-0.1, -0.05) is 56.6 Å². The summed E-state index contributed by atoms with van der Waals surface area (Å²) in [6.45, 7) is 10.4. The minimum absolute atomic E-state index is 0.0289. The number of alkyl halides is 3. The third kappa shape index (κ3) is 7.40. The molecule has 1 amide bonds. The van der Waals surface area contributed by atoms with Gasteiger partial charge in [-0.2, -0.15) is 13.2 Å². The van der Waals surface area contributed by atoms with Crippen LogP contribution in [0.2, 0.25) is 5.02 Å². The topological polar surface area (TPSA) is 34.0 Å². The van der Waals surface area contributed by atoms with Crippen LogP contribution in [0, 0.1) is 0 Å². The van der Waals surface area contributed by atoms with Crippen molar-refractivity contribution < 1.29 is 18.0 Å². The van der Waals surface area contributed by atoms with Crippen molar-refractivity contribution >= 4 is 40.2 Å². The van der Waals surface area contributed by atoms with E-state index in [1.807, 2.05) is 62.6 Å². The number of amides is 1. The zero-order chi connectivity index (χ0) is 28.7. The Kier molecular flexibility index (Phi) is 10.6. The van der Waals surface area contributed by atoms with Gasteiger partial charge in [0.25, 0.3) is 5.91 Å². The van der Waals surface area contributed by atoms with E-state index in [1.54, 1.807) is 30.0 Å². The fraction of sp³-hybridized carbons (Fsp3) is 0.323. The fourth-order valence-corrected chi connectivity index (χ4v) is 5.54. The Morgan fingerprint density at radius 3 is 2.36 bits per heavy atom. The number of rotatable bonds is 8. The number of nitrogens with one attached hydrogen (secondary N) is 1. The highest BCUT2D eigenvalue weighted by atomic mass is 35.5. The lowest BCUT2D eigenvalue weighted by molar-refractivity contribution is -0.138. The third-order valence-electron chi connectivity index (χ3n) is 6.17. The van der Waals surface area contributed by atoms with E-state index in [0.717, 1.165) is 38.9 Å². The lowest BCUT2D eigenvalue weighted by Gasteiger charge is -2.17. The second-order valence-electron chi connectivity index (χ2n) is 9.07. The minimum Gasteiger partial charge on any atom is -0.348 e. The van der Waals surface area contributed by atoms with Gasteiger partial charge in [0.15, 0.2) is 0 Å². The number of nitrogens with zero attached hydrogens (tertiary/aromatic N) is 1. The third-order valence-corrected chi connectivity index (χ3v) is 7.39. The first-order valence-corrected chi connectivity index (χ1v) is 14.4. The molecule has 0 saturated heterocycles. The van der Waals surface area contributed by atoms with Gasteiger partial charge in [0.2, 0.25) is 0 Å². The minimum atomic E-state index is -4.42. The molecular weight excluding hydrogens is 541 g/mol. The van der Waals surface area contributed by atoms with Gasteiger partial charge in [0, 0.05) is 51.1 Å². The molecule has 0 aliphatic rings. The molecule has 39 heavy (non-hydrogen) atoms. The van der Waals surface area contributed by atoms with Crippen molar-refractivity contribution in [3.63, 3.8) is 0 Å². The summed E-state index contributed by atoms with van der Waals surface area (Å²) in [6, 6.07) is 18.7. The highest BCUT2D eigenvalue weighted by molar-refractivity contribution is 7.99. The van der Waals surface area contributed by atoms with Gasteiger partial charge < -0.3 is 9.88 Å². The smallest absolute Gasteiger partial charge is 0.348 e. The molecule has 4 rings (SSSR count). The van der Waals surface area contributed by atoms with Crippen LogP contribution < -0.4 is 5.32 Å². The van der Waals surface area contributed by atoms with E-state index in [2.05, 4.69) is 12.2 Å². The van der Waals surface area contributed by atoms with Gasteiger partial charge in [-0.3, -0.25) is 4.79 Å². The summed E-state index contributed by atoms with van der Waals surface area (Å²) in [6.07, 6.45) is -4.29. The molecule has 0 aliphatic heterocycles. The zero-order valence-corrected chi connectivity index (χ0v) is 24.4. The number of carbonyl (C=O) groups is 1. The monoisotopic (exact) mass is 574 g/mol. The van der Waals surface area contributed by atoms with Crippen LogP contribution in [0.3, 0.4) is 0 Å². The molecule has 0 atom stereocenters. The Bertz CT molecular complexity index is 1430. The summed E-state index contributed by atoms with van der Waals surface area (Å²) in [5, 5.41) is 4.33. The number of thioether (sulfide) groups is 1. The molecule has 0 spiro atoms. The van der Waals surface area contributed by atoms with Crippen molar-refractivity contribution in [3.05, 3.63) is 99.7 Å². The van der Waals surface area contributed by atoms with Crippen molar-refractivity contribution in [3.8, 4) is 0 Å². The van der Waals surface area contributed by atoms with Gasteiger partial charge in [0.05, 0.1) is 5.56 Å². The Labute approximate surface area is 237 Å². The quantitative estimate of drug-likeness (QED) is 0.213. The number of carbonyl (C=O) groups excluding carboxylic acids is 1. The molecule has 0 radical (unpaired) electrons. The normalized spacial score (nSPS) is 11.4. The SMILES string of the molecule is CC.CCSc1ccc(CNC(=O)c2ccc3c(c2)cc(Cc2ccccc2C(F)(F)F)n3C(C)C)c(Cl)c1. The van der Waals surface area contributed by atoms with E-state index < -0.39 is 11.7 Å². The predicted octanol–water partition coefficient (Wildman–Crippen LogP) is 9.55. The fourth-order valence-electron chi connectivity index (χ4n) is 4.53. The van der Waals surface area contributed by atoms with E-state index in [4.69, 9.17) is 11.6 Å². The maximum Gasteiger partial charge on any atom is 0.416 e. The summed E-state index contributed by atoms with van der Waals surface area (Å²) in [5.74, 6) is 0.704. The molecule has 0 saturated carbocycles. The van der Waals surface area contributed by atoms with E-state index >= 15 is 0 Å². The van der Waals surface area contributed by atoms with Crippen molar-refractivity contribution in [2.45, 2.75) is 64.7 Å². The number of aromatic nitrogens is 1. The molecule has 0 aliphatic carbocycles. The van der Waals surface area contributed by atoms with E-state index in [-0.39, 0.29) is 23.9 Å². The maximum atomic E-state index is 13.6. The highest BCUT2D eigenvalue weighted by Gasteiger charge is 2.33. The summed E-state index contributed by atoms with van der Waals surface area (Å²) in [7, 11) is 0. The molecule has 1 heterocycles.